The number of sulfonamides is 1. The second kappa shape index (κ2) is 8.84. The molecule has 0 fully saturated rings. The first-order chi connectivity index (χ1) is 14.6. The van der Waals surface area contributed by atoms with E-state index in [0.29, 0.717) is 29.4 Å². The van der Waals surface area contributed by atoms with Crippen LogP contribution in [-0.4, -0.2) is 31.1 Å². The summed E-state index contributed by atoms with van der Waals surface area (Å²) in [5, 5.41) is 6.46. The van der Waals surface area contributed by atoms with Crippen molar-refractivity contribution >= 4 is 27.3 Å². The molecule has 0 saturated carbocycles. The number of carbonyl (C=O) groups is 1. The van der Waals surface area contributed by atoms with Gasteiger partial charge in [-0.2, -0.15) is 4.98 Å². The van der Waals surface area contributed by atoms with Gasteiger partial charge in [0.25, 0.3) is 10.0 Å². The molecule has 0 radical (unpaired) electrons. The van der Waals surface area contributed by atoms with E-state index in [1.165, 1.54) is 32.0 Å². The zero-order chi connectivity index (χ0) is 22.6. The van der Waals surface area contributed by atoms with E-state index in [2.05, 4.69) is 20.2 Å². The third-order valence-electron chi connectivity index (χ3n) is 4.51. The van der Waals surface area contributed by atoms with Crippen LogP contribution in [-0.2, 0) is 21.2 Å². The van der Waals surface area contributed by atoms with Crippen LogP contribution in [0.5, 0.6) is 0 Å². The number of nitrogens with zero attached hydrogens (tertiary/aromatic N) is 2. The van der Waals surface area contributed by atoms with Crippen LogP contribution in [0, 0.1) is 5.41 Å². The second-order valence-corrected chi connectivity index (χ2v) is 9.23. The van der Waals surface area contributed by atoms with Crippen LogP contribution in [0.3, 0.4) is 0 Å². The number of carbonyl (C=O) groups excluding carboxylic acids is 1. The Labute approximate surface area is 179 Å². The number of aromatic nitrogens is 2. The van der Waals surface area contributed by atoms with Gasteiger partial charge in [-0.05, 0) is 56.3 Å². The molecule has 164 valence electrons. The molecule has 1 amide bonds. The first-order valence-corrected chi connectivity index (χ1v) is 11.1. The van der Waals surface area contributed by atoms with Crippen LogP contribution >= 0.6 is 0 Å². The average molecular weight is 447 g/mol. The predicted molar refractivity (Wildman–Crippen MR) is 115 cm³/mol. The molecule has 3 aromatic rings. The highest BCUT2D eigenvalue weighted by Crippen LogP contribution is 2.24. The third-order valence-corrected chi connectivity index (χ3v) is 5.91. The molecule has 0 aliphatic carbocycles. The Morgan fingerprint density at radius 3 is 2.42 bits per heavy atom. The lowest BCUT2D eigenvalue weighted by atomic mass is 9.94. The number of aryl methyl sites for hydroxylation is 1. The molecule has 1 aromatic heterocycles. The van der Waals surface area contributed by atoms with Crippen LogP contribution in [0.4, 0.5) is 15.8 Å². The maximum absolute atomic E-state index is 13.0. The van der Waals surface area contributed by atoms with Crippen LogP contribution in [0.25, 0.3) is 11.4 Å². The molecule has 0 unspecified atom stereocenters. The molecule has 0 saturated heterocycles. The summed E-state index contributed by atoms with van der Waals surface area (Å²) >= 11 is 0. The molecule has 31 heavy (non-hydrogen) atoms. The normalized spacial score (nSPS) is 11.9. The third kappa shape index (κ3) is 5.26. The molecular formula is C21H23FN4O4S. The van der Waals surface area contributed by atoms with E-state index in [9.17, 15) is 17.6 Å². The van der Waals surface area contributed by atoms with Crippen molar-refractivity contribution in [2.75, 3.05) is 16.7 Å². The predicted octanol–water partition coefficient (Wildman–Crippen LogP) is 4.03. The minimum atomic E-state index is -3.88. The largest absolute Gasteiger partial charge is 0.339 e. The van der Waals surface area contributed by atoms with E-state index >= 15 is 0 Å². The summed E-state index contributed by atoms with van der Waals surface area (Å²) in [7, 11) is -3.88. The first kappa shape index (κ1) is 22.4. The highest BCUT2D eigenvalue weighted by Gasteiger charge is 2.27. The Kier molecular flexibility index (Phi) is 6.40. The number of halogens is 1. The lowest BCUT2D eigenvalue weighted by molar-refractivity contribution is -0.124. The monoisotopic (exact) mass is 446 g/mol. The summed E-state index contributed by atoms with van der Waals surface area (Å²) in [4.78, 5) is 16.4. The Morgan fingerprint density at radius 2 is 1.81 bits per heavy atom. The number of alkyl halides is 1. The fraction of sp³-hybridized carbons (Fsp3) is 0.286. The lowest BCUT2D eigenvalue weighted by Crippen LogP contribution is -2.32. The smallest absolute Gasteiger partial charge is 0.261 e. The van der Waals surface area contributed by atoms with Crippen molar-refractivity contribution in [1.29, 1.82) is 0 Å². The van der Waals surface area contributed by atoms with Gasteiger partial charge in [0.05, 0.1) is 16.0 Å². The number of hydrogen-bond donors (Lipinski definition) is 2. The molecule has 2 aromatic carbocycles. The molecule has 3 rings (SSSR count). The van der Waals surface area contributed by atoms with Crippen molar-refractivity contribution in [3.63, 3.8) is 0 Å². The van der Waals surface area contributed by atoms with Gasteiger partial charge in [0.2, 0.25) is 17.6 Å². The fourth-order valence-corrected chi connectivity index (χ4v) is 3.58. The minimum absolute atomic E-state index is 0.0449. The van der Waals surface area contributed by atoms with E-state index < -0.39 is 28.0 Å². The van der Waals surface area contributed by atoms with Gasteiger partial charge in [-0.15, -0.1) is 0 Å². The van der Waals surface area contributed by atoms with Gasteiger partial charge >= 0.3 is 0 Å². The number of hydrogen-bond acceptors (Lipinski definition) is 6. The van der Waals surface area contributed by atoms with Crippen molar-refractivity contribution in [1.82, 2.24) is 10.1 Å². The molecule has 0 aliphatic rings. The molecule has 0 aliphatic heterocycles. The summed E-state index contributed by atoms with van der Waals surface area (Å²) in [6, 6.07) is 12.2. The van der Waals surface area contributed by atoms with E-state index in [1.807, 2.05) is 6.92 Å². The number of rotatable bonds is 8. The Balaban J connectivity index is 1.75. The topological polar surface area (TPSA) is 114 Å². The van der Waals surface area contributed by atoms with Crippen molar-refractivity contribution in [2.45, 2.75) is 32.1 Å². The number of benzene rings is 2. The lowest BCUT2D eigenvalue weighted by Gasteiger charge is -2.19. The van der Waals surface area contributed by atoms with Crippen molar-refractivity contribution in [3.8, 4) is 11.4 Å². The SMILES string of the molecule is CCc1nc(-c2ccc(S(=O)(=O)Nc3cccc(NC(=O)C(C)(C)CF)c3)cc2)no1. The van der Waals surface area contributed by atoms with E-state index in [1.54, 1.807) is 30.3 Å². The number of anilines is 2. The maximum atomic E-state index is 13.0. The van der Waals surface area contributed by atoms with Gasteiger partial charge in [0, 0.05) is 17.7 Å². The van der Waals surface area contributed by atoms with Gasteiger partial charge in [0.15, 0.2) is 0 Å². The first-order valence-electron chi connectivity index (χ1n) is 9.58. The fourth-order valence-electron chi connectivity index (χ4n) is 2.53. The zero-order valence-corrected chi connectivity index (χ0v) is 18.2. The summed E-state index contributed by atoms with van der Waals surface area (Å²) in [5.74, 6) is 0.377. The Hall–Kier alpha value is -3.27. The molecule has 0 spiro atoms. The average Bonchev–Trinajstić information content (AvgIpc) is 3.23. The van der Waals surface area contributed by atoms with Gasteiger partial charge < -0.3 is 9.84 Å². The van der Waals surface area contributed by atoms with Gasteiger partial charge in [-0.3, -0.25) is 9.52 Å². The van der Waals surface area contributed by atoms with Crippen LogP contribution < -0.4 is 10.0 Å². The van der Waals surface area contributed by atoms with Crippen molar-refractivity contribution < 1.29 is 22.1 Å². The minimum Gasteiger partial charge on any atom is -0.339 e. The molecule has 0 atom stereocenters. The molecule has 2 N–H and O–H groups in total. The van der Waals surface area contributed by atoms with Crippen LogP contribution in [0.2, 0.25) is 0 Å². The Morgan fingerprint density at radius 1 is 1.13 bits per heavy atom. The molecule has 1 heterocycles. The maximum Gasteiger partial charge on any atom is 0.261 e. The van der Waals surface area contributed by atoms with E-state index in [0.717, 1.165) is 0 Å². The second-order valence-electron chi connectivity index (χ2n) is 7.55. The van der Waals surface area contributed by atoms with Gasteiger partial charge in [0.1, 0.15) is 6.67 Å². The molecule has 8 nitrogen and oxygen atoms in total. The van der Waals surface area contributed by atoms with E-state index in [4.69, 9.17) is 4.52 Å². The summed E-state index contributed by atoms with van der Waals surface area (Å²) in [5.41, 5.74) is 0.0487. The molecule has 0 bridgehead atoms. The van der Waals surface area contributed by atoms with Crippen molar-refractivity contribution in [2.24, 2.45) is 5.41 Å². The summed E-state index contributed by atoms with van der Waals surface area (Å²) in [6.07, 6.45) is 0.605. The van der Waals surface area contributed by atoms with Gasteiger partial charge in [-0.1, -0.05) is 18.1 Å². The Bertz CT molecular complexity index is 1170. The zero-order valence-electron chi connectivity index (χ0n) is 17.3. The molecule has 10 heteroatoms. The summed E-state index contributed by atoms with van der Waals surface area (Å²) in [6.45, 7) is 4.04. The number of nitrogens with one attached hydrogen (secondary N) is 2. The van der Waals surface area contributed by atoms with Crippen LogP contribution in [0.15, 0.2) is 57.9 Å². The van der Waals surface area contributed by atoms with E-state index in [-0.39, 0.29) is 10.6 Å². The van der Waals surface area contributed by atoms with Gasteiger partial charge in [-0.25, -0.2) is 12.8 Å². The highest BCUT2D eigenvalue weighted by atomic mass is 32.2. The van der Waals surface area contributed by atoms with Crippen molar-refractivity contribution in [3.05, 3.63) is 54.4 Å². The summed E-state index contributed by atoms with van der Waals surface area (Å²) < 4.78 is 46.0. The molecular weight excluding hydrogens is 423 g/mol. The quantitative estimate of drug-likeness (QED) is 0.540. The van der Waals surface area contributed by atoms with Crippen LogP contribution in [0.1, 0.15) is 26.7 Å². The highest BCUT2D eigenvalue weighted by molar-refractivity contribution is 7.92. The number of amides is 1. The standard InChI is InChI=1S/C21H23FN4O4S/c1-4-18-24-19(25-30-18)14-8-10-17(11-9-14)31(28,29)26-16-7-5-6-15(12-16)23-20(27)21(2,3)13-22/h5-12,26H,4,13H2,1-3H3,(H,23,27).